The molecule has 0 bridgehead atoms. The maximum atomic E-state index is 17.3. The number of amides is 3. The van der Waals surface area contributed by atoms with E-state index >= 15 is 8.78 Å². The summed E-state index contributed by atoms with van der Waals surface area (Å²) in [6.45, 7) is 6.26. The van der Waals surface area contributed by atoms with E-state index in [2.05, 4.69) is 31.9 Å². The number of halogens is 2. The first-order chi connectivity index (χ1) is 36.8. The molecule has 0 aliphatic carbocycles. The number of imidazole rings is 1. The molecule has 6 aromatic rings. The smallest absolute Gasteiger partial charge is 0.409 e. The van der Waals surface area contributed by atoms with Crippen LogP contribution in [0, 0.1) is 29.4 Å². The Morgan fingerprint density at radius 2 is 1.79 bits per heavy atom. The number of benzene rings is 3. The zero-order valence-electron chi connectivity index (χ0n) is 42.8. The summed E-state index contributed by atoms with van der Waals surface area (Å²) in [4.78, 5) is 71.7. The van der Waals surface area contributed by atoms with Crippen molar-refractivity contribution in [1.29, 1.82) is 0 Å². The lowest BCUT2D eigenvalue weighted by atomic mass is 9.86. The number of anilines is 1. The molecule has 3 aromatic carbocycles. The number of nitrogens with zero attached hydrogens (tertiary/aromatic N) is 8. The third-order valence-electron chi connectivity index (χ3n) is 17.2. The molecule has 6 fully saturated rings. The Bertz CT molecular complexity index is 3470. The molecule has 76 heavy (non-hydrogen) atoms. The highest BCUT2D eigenvalue weighted by molar-refractivity contribution is 6.02. The summed E-state index contributed by atoms with van der Waals surface area (Å²) in [5.74, 6) is 5.33. The molecule has 9 heterocycles. The SMILES string of the molecule is CCc1c(F)ccc2cc(O)cc(-c3ncc4c(N5CCC[C@]6(CCO6)C5)nc(OC[C@@]56CCCN5[C@H](COC(=O)N5CCC(CC#Cc7ccc8c(c7)n(C)c(=O)n8C7CCC(=O)NC7=O)CC5)CC6)nc4c3F)c12. The van der Waals surface area contributed by atoms with Gasteiger partial charge in [0.15, 0.2) is 5.82 Å². The first-order valence-electron chi connectivity index (χ1n) is 26.9. The summed E-state index contributed by atoms with van der Waals surface area (Å²) >= 11 is 0. The van der Waals surface area contributed by atoms with Crippen LogP contribution in [-0.2, 0) is 32.5 Å². The minimum Gasteiger partial charge on any atom is -0.508 e. The van der Waals surface area contributed by atoms with Gasteiger partial charge in [0.25, 0.3) is 0 Å². The van der Waals surface area contributed by atoms with E-state index in [0.29, 0.717) is 90.1 Å². The Morgan fingerprint density at radius 1 is 0.961 bits per heavy atom. The summed E-state index contributed by atoms with van der Waals surface area (Å²) in [5, 5.41) is 14.6. The van der Waals surface area contributed by atoms with Gasteiger partial charge in [-0.25, -0.2) is 18.4 Å². The fourth-order valence-corrected chi connectivity index (χ4v) is 13.1. The number of rotatable bonds is 10. The zero-order chi connectivity index (χ0) is 52.5. The molecule has 6 aliphatic heterocycles. The topological polar surface area (TPSA) is 186 Å². The Balaban J connectivity index is 0.701. The van der Waals surface area contributed by atoms with Crippen LogP contribution >= 0.6 is 0 Å². The number of piperidine rings is 3. The Kier molecular flexibility index (Phi) is 12.9. The van der Waals surface area contributed by atoms with Crippen LogP contribution in [0.3, 0.4) is 0 Å². The summed E-state index contributed by atoms with van der Waals surface area (Å²) in [5.41, 5.74) is 1.68. The normalized spacial score (nSPS) is 24.0. The third kappa shape index (κ3) is 8.86. The Labute approximate surface area is 437 Å². The molecule has 12 rings (SSSR count). The molecule has 2 N–H and O–H groups in total. The summed E-state index contributed by atoms with van der Waals surface area (Å²) in [7, 11) is 1.66. The fourth-order valence-electron chi connectivity index (χ4n) is 13.1. The number of aromatic hydroxyl groups is 1. The maximum absolute atomic E-state index is 17.3. The van der Waals surface area contributed by atoms with Crippen LogP contribution < -0.4 is 20.6 Å². The molecule has 6 aliphatic rings. The lowest BCUT2D eigenvalue weighted by Gasteiger charge is -2.48. The standard InChI is InChI=1S/C57H61F2N9O8/c1-3-39-42(58)11-10-36-28-38(69)29-40(47(36)39)49-48(59)50-41(30-60-49)51(66-22-6-19-57(32-66)21-26-76-57)63-53(62-50)75-33-56-18-5-23-67(56)37(15-20-56)31-74-55(73)65-24-16-34(17-25-65)7-4-8-35-9-12-43-45(27-35)64(2)54(72)68(43)44-13-14-46(70)61-52(44)71/h9-12,27-30,34,37,44,69H,3,5-7,13-26,31-33H2,1-2H3,(H,61,70,71)/t37-,44?,56-,57-/m0/s1. The van der Waals surface area contributed by atoms with Gasteiger partial charge in [-0.1, -0.05) is 24.8 Å². The summed E-state index contributed by atoms with van der Waals surface area (Å²) in [6.07, 6.45) is 10.5. The highest BCUT2D eigenvalue weighted by Gasteiger charge is 2.50. The number of phenols is 1. The number of phenolic OH excluding ortho intramolecular Hbond substituents is 1. The molecule has 6 saturated heterocycles. The van der Waals surface area contributed by atoms with Crippen molar-refractivity contribution in [3.05, 3.63) is 81.9 Å². The van der Waals surface area contributed by atoms with Crippen molar-refractivity contribution in [2.24, 2.45) is 13.0 Å². The van der Waals surface area contributed by atoms with Crippen molar-refractivity contribution >= 4 is 56.4 Å². The van der Waals surface area contributed by atoms with Crippen LogP contribution in [0.4, 0.5) is 19.4 Å². The predicted molar refractivity (Wildman–Crippen MR) is 279 cm³/mol. The molecule has 19 heteroatoms. The van der Waals surface area contributed by atoms with E-state index in [0.717, 1.165) is 69.9 Å². The van der Waals surface area contributed by atoms with E-state index in [4.69, 9.17) is 24.2 Å². The van der Waals surface area contributed by atoms with Crippen LogP contribution in [0.25, 0.3) is 44.0 Å². The van der Waals surface area contributed by atoms with Crippen molar-refractivity contribution in [2.45, 2.75) is 114 Å². The summed E-state index contributed by atoms with van der Waals surface area (Å²) in [6, 6.07) is 10.7. The molecular formula is C57H61F2N9O8. The van der Waals surface area contributed by atoms with Gasteiger partial charge in [-0.15, -0.1) is 0 Å². The molecule has 0 saturated carbocycles. The van der Waals surface area contributed by atoms with Crippen LogP contribution in [0.2, 0.25) is 0 Å². The minimum atomic E-state index is -0.751. The molecule has 3 amide bonds. The van der Waals surface area contributed by atoms with Gasteiger partial charge < -0.3 is 29.1 Å². The zero-order valence-corrected chi connectivity index (χ0v) is 42.8. The van der Waals surface area contributed by atoms with Crippen molar-refractivity contribution in [2.75, 3.05) is 57.4 Å². The van der Waals surface area contributed by atoms with Gasteiger partial charge in [0.05, 0.1) is 34.2 Å². The predicted octanol–water partition coefficient (Wildman–Crippen LogP) is 7.45. The number of imide groups is 1. The average Bonchev–Trinajstić information content (AvgIpc) is 4.07. The number of hydrogen-bond acceptors (Lipinski definition) is 13. The quantitative estimate of drug-likeness (QED) is 0.102. The molecule has 17 nitrogen and oxygen atoms in total. The molecule has 4 atom stereocenters. The van der Waals surface area contributed by atoms with Gasteiger partial charge in [0.2, 0.25) is 11.8 Å². The van der Waals surface area contributed by atoms with Crippen LogP contribution in [0.5, 0.6) is 11.8 Å². The van der Waals surface area contributed by atoms with Gasteiger partial charge >= 0.3 is 17.8 Å². The molecule has 396 valence electrons. The number of fused-ring (bicyclic) bond motifs is 4. The van der Waals surface area contributed by atoms with E-state index in [-0.39, 0.29) is 89.5 Å². The second-order valence-corrected chi connectivity index (χ2v) is 21.7. The molecule has 0 radical (unpaired) electrons. The highest BCUT2D eigenvalue weighted by Crippen LogP contribution is 2.45. The Hall–Kier alpha value is -7.17. The van der Waals surface area contributed by atoms with Crippen LogP contribution in [0.15, 0.2) is 53.5 Å². The third-order valence-corrected chi connectivity index (χ3v) is 17.2. The maximum Gasteiger partial charge on any atom is 0.409 e. The average molecular weight is 1040 g/mol. The lowest BCUT2D eigenvalue weighted by molar-refractivity contribution is -0.151. The monoisotopic (exact) mass is 1040 g/mol. The largest absolute Gasteiger partial charge is 0.508 e. The summed E-state index contributed by atoms with van der Waals surface area (Å²) < 4.78 is 54.3. The molecule has 3 aromatic heterocycles. The van der Waals surface area contributed by atoms with Gasteiger partial charge in [-0.05, 0) is 129 Å². The number of likely N-dealkylation sites (tertiary alicyclic amines) is 1. The number of carbonyl (C=O) groups is 3. The fraction of sp³-hybridized carbons (Fsp3) is 0.491. The molecular weight excluding hydrogens is 977 g/mol. The van der Waals surface area contributed by atoms with Crippen LogP contribution in [0.1, 0.15) is 101 Å². The number of hydrogen-bond donors (Lipinski definition) is 2. The second-order valence-electron chi connectivity index (χ2n) is 21.7. The molecule has 1 spiro atoms. The lowest BCUT2D eigenvalue weighted by Crippen LogP contribution is -2.56. The van der Waals surface area contributed by atoms with Crippen molar-refractivity contribution < 1.29 is 42.5 Å². The number of ether oxygens (including phenoxy) is 3. The first-order valence-corrected chi connectivity index (χ1v) is 26.9. The van der Waals surface area contributed by atoms with Crippen molar-refractivity contribution in [3.8, 4) is 34.9 Å². The van der Waals surface area contributed by atoms with Gasteiger partial charge in [0, 0.05) is 75.9 Å². The van der Waals surface area contributed by atoms with Crippen molar-refractivity contribution in [1.82, 2.24) is 39.2 Å². The highest BCUT2D eigenvalue weighted by atomic mass is 19.1. The first kappa shape index (κ1) is 49.7. The van der Waals surface area contributed by atoms with E-state index in [9.17, 15) is 24.3 Å². The van der Waals surface area contributed by atoms with Crippen molar-refractivity contribution in [3.63, 3.8) is 0 Å². The van der Waals surface area contributed by atoms with E-state index < -0.39 is 23.6 Å². The van der Waals surface area contributed by atoms with E-state index in [1.54, 1.807) is 30.3 Å². The minimum absolute atomic E-state index is 0.00151. The number of aromatic nitrogens is 5. The van der Waals surface area contributed by atoms with Gasteiger partial charge in [0.1, 0.15) is 47.9 Å². The Morgan fingerprint density at radius 3 is 2.58 bits per heavy atom. The van der Waals surface area contributed by atoms with Gasteiger partial charge in [-0.2, -0.15) is 9.97 Å². The van der Waals surface area contributed by atoms with Gasteiger partial charge in [-0.3, -0.25) is 33.9 Å². The van der Waals surface area contributed by atoms with E-state index in [1.165, 1.54) is 27.3 Å². The van der Waals surface area contributed by atoms with Crippen LogP contribution in [-0.4, -0.2) is 127 Å². The number of nitrogens with one attached hydrogen (secondary N) is 1. The van der Waals surface area contributed by atoms with E-state index in [1.807, 2.05) is 19.1 Å². The second kappa shape index (κ2) is 19.8. The number of aryl methyl sites for hydroxylation is 2. The molecule has 1 unspecified atom stereocenters. The number of pyridine rings is 1. The number of carbonyl (C=O) groups excluding carboxylic acids is 3.